The lowest BCUT2D eigenvalue weighted by Gasteiger charge is -2.11. The maximum atomic E-state index is 10.2. The van der Waals surface area contributed by atoms with Crippen LogP contribution >= 0.6 is 0 Å². The average Bonchev–Trinajstić information content (AvgIpc) is 2.35. The fraction of sp³-hybridized carbons (Fsp3) is 0.833. The molecule has 0 aromatic rings. The Hall–Kier alpha value is -1.14. The summed E-state index contributed by atoms with van der Waals surface area (Å²) in [4.78, 5) is 20.3. The quantitative estimate of drug-likeness (QED) is 0.563. The summed E-state index contributed by atoms with van der Waals surface area (Å²) >= 11 is 0. The molecule has 0 unspecified atom stereocenters. The predicted molar refractivity (Wildman–Crippen MR) is 70.1 cm³/mol. The fourth-order valence-corrected chi connectivity index (χ4v) is 0.995. The maximum absolute atomic E-state index is 10.2. The largest absolute Gasteiger partial charge is 0.480 e. The number of hydrogen-bond donors (Lipinski definition) is 4. The minimum absolute atomic E-state index is 0.0718. The van der Waals surface area contributed by atoms with Gasteiger partial charge in [0.2, 0.25) is 0 Å². The molecule has 18 heavy (non-hydrogen) atoms. The molecule has 4 atom stereocenters. The van der Waals surface area contributed by atoms with Gasteiger partial charge in [-0.05, 0) is 11.8 Å². The van der Waals surface area contributed by atoms with Gasteiger partial charge < -0.3 is 21.7 Å². The highest BCUT2D eigenvalue weighted by Crippen LogP contribution is 2.04. The van der Waals surface area contributed by atoms with E-state index < -0.39 is 24.0 Å². The van der Waals surface area contributed by atoms with Crippen LogP contribution in [0, 0.1) is 11.8 Å². The third-order valence-electron chi connectivity index (χ3n) is 3.08. The van der Waals surface area contributed by atoms with Gasteiger partial charge in [-0.1, -0.05) is 40.5 Å². The van der Waals surface area contributed by atoms with Crippen molar-refractivity contribution in [3.8, 4) is 0 Å². The third kappa shape index (κ3) is 8.03. The number of nitrogens with two attached hydrogens (primary N) is 2. The maximum Gasteiger partial charge on any atom is 0.320 e. The molecule has 0 rings (SSSR count). The van der Waals surface area contributed by atoms with E-state index >= 15 is 0 Å². The zero-order chi connectivity index (χ0) is 14.9. The van der Waals surface area contributed by atoms with Gasteiger partial charge in [0, 0.05) is 0 Å². The highest BCUT2D eigenvalue weighted by atomic mass is 16.4. The second-order valence-corrected chi connectivity index (χ2v) is 4.50. The van der Waals surface area contributed by atoms with E-state index in [2.05, 4.69) is 0 Å². The Morgan fingerprint density at radius 2 is 1.11 bits per heavy atom. The van der Waals surface area contributed by atoms with Gasteiger partial charge in [-0.3, -0.25) is 9.59 Å². The summed E-state index contributed by atoms with van der Waals surface area (Å²) < 4.78 is 0. The number of carbonyl (C=O) groups is 2. The van der Waals surface area contributed by atoms with Crippen LogP contribution in [-0.4, -0.2) is 34.2 Å². The summed E-state index contributed by atoms with van der Waals surface area (Å²) in [5.41, 5.74) is 10.5. The molecule has 108 valence electrons. The number of aliphatic carboxylic acids is 2. The smallest absolute Gasteiger partial charge is 0.320 e. The summed E-state index contributed by atoms with van der Waals surface area (Å²) in [6, 6.07) is -1.40. The van der Waals surface area contributed by atoms with Gasteiger partial charge in [0.25, 0.3) is 0 Å². The molecule has 0 heterocycles. The standard InChI is InChI=1S/2C6H13NO2/c2*1-3-4(2)5(7)6(8)9/h2*4-5H,3,7H2,1-2H3,(H,8,9)/t4-,5+;4-,5-/m10/s1. The van der Waals surface area contributed by atoms with Crippen LogP contribution in [-0.2, 0) is 9.59 Å². The molecule has 0 amide bonds. The van der Waals surface area contributed by atoms with E-state index in [4.69, 9.17) is 21.7 Å². The lowest BCUT2D eigenvalue weighted by atomic mass is 10.0. The predicted octanol–water partition coefficient (Wildman–Crippen LogP) is 0.889. The number of carboxylic acid groups (broad SMARTS) is 2. The first-order valence-electron chi connectivity index (χ1n) is 6.15. The van der Waals surface area contributed by atoms with Gasteiger partial charge in [-0.25, -0.2) is 0 Å². The minimum Gasteiger partial charge on any atom is -0.480 e. The van der Waals surface area contributed by atoms with Crippen molar-refractivity contribution in [1.29, 1.82) is 0 Å². The Morgan fingerprint density at radius 3 is 1.17 bits per heavy atom. The van der Waals surface area contributed by atoms with Crippen LogP contribution in [0.15, 0.2) is 0 Å². The second kappa shape index (κ2) is 9.85. The molecule has 6 heteroatoms. The lowest BCUT2D eigenvalue weighted by Crippen LogP contribution is -2.36. The van der Waals surface area contributed by atoms with E-state index in [9.17, 15) is 9.59 Å². The monoisotopic (exact) mass is 262 g/mol. The SMILES string of the molecule is CC[C@@H](C)[C@H](N)C(=O)O.CC[C@H](C)[C@H](N)C(=O)O. The van der Waals surface area contributed by atoms with E-state index in [1.54, 1.807) is 0 Å². The van der Waals surface area contributed by atoms with Gasteiger partial charge in [-0.2, -0.15) is 0 Å². The fourth-order valence-electron chi connectivity index (χ4n) is 0.995. The summed E-state index contributed by atoms with van der Waals surface area (Å²) in [5, 5.41) is 16.7. The molecule has 6 N–H and O–H groups in total. The Balaban J connectivity index is 0. The normalized spacial score (nSPS) is 16.8. The molecular formula is C12H26N2O4. The molecule has 0 fully saturated rings. The topological polar surface area (TPSA) is 127 Å². The summed E-state index contributed by atoms with van der Waals surface area (Å²) in [7, 11) is 0. The Labute approximate surface area is 108 Å². The Bertz CT molecular complexity index is 232. The molecule has 0 saturated heterocycles. The van der Waals surface area contributed by atoms with Crippen molar-refractivity contribution in [3.05, 3.63) is 0 Å². The number of hydrogen-bond acceptors (Lipinski definition) is 4. The van der Waals surface area contributed by atoms with E-state index in [1.165, 1.54) is 0 Å². The van der Waals surface area contributed by atoms with Crippen molar-refractivity contribution >= 4 is 11.9 Å². The molecule has 0 radical (unpaired) electrons. The first kappa shape index (κ1) is 19.2. The molecule has 0 aliphatic heterocycles. The zero-order valence-electron chi connectivity index (χ0n) is 11.6. The molecule has 0 aliphatic carbocycles. The van der Waals surface area contributed by atoms with Gasteiger partial charge in [0.05, 0.1) is 0 Å². The van der Waals surface area contributed by atoms with Crippen molar-refractivity contribution in [1.82, 2.24) is 0 Å². The van der Waals surface area contributed by atoms with E-state index in [-0.39, 0.29) is 11.8 Å². The van der Waals surface area contributed by atoms with Crippen LogP contribution in [0.3, 0.4) is 0 Å². The first-order valence-corrected chi connectivity index (χ1v) is 6.15. The van der Waals surface area contributed by atoms with Gasteiger partial charge >= 0.3 is 11.9 Å². The van der Waals surface area contributed by atoms with Crippen LogP contribution in [0.25, 0.3) is 0 Å². The van der Waals surface area contributed by atoms with Crippen molar-refractivity contribution in [3.63, 3.8) is 0 Å². The lowest BCUT2D eigenvalue weighted by molar-refractivity contribution is -0.140. The van der Waals surface area contributed by atoms with Crippen LogP contribution in [0.4, 0.5) is 0 Å². The van der Waals surface area contributed by atoms with Crippen molar-refractivity contribution < 1.29 is 19.8 Å². The Kier molecular flexibility index (Phi) is 10.5. The summed E-state index contributed by atoms with van der Waals surface area (Å²) in [6.45, 7) is 7.51. The summed E-state index contributed by atoms with van der Waals surface area (Å²) in [5.74, 6) is -1.68. The van der Waals surface area contributed by atoms with Gasteiger partial charge in [-0.15, -0.1) is 0 Å². The average molecular weight is 262 g/mol. The van der Waals surface area contributed by atoms with Crippen LogP contribution < -0.4 is 11.5 Å². The summed E-state index contributed by atoms with van der Waals surface area (Å²) in [6.07, 6.45) is 1.63. The van der Waals surface area contributed by atoms with Crippen LogP contribution in [0.2, 0.25) is 0 Å². The van der Waals surface area contributed by atoms with E-state index in [0.29, 0.717) is 0 Å². The first-order chi connectivity index (χ1) is 8.18. The molecule has 0 aliphatic rings. The van der Waals surface area contributed by atoms with E-state index in [1.807, 2.05) is 27.7 Å². The van der Waals surface area contributed by atoms with Crippen LogP contribution in [0.1, 0.15) is 40.5 Å². The molecule has 0 bridgehead atoms. The van der Waals surface area contributed by atoms with E-state index in [0.717, 1.165) is 12.8 Å². The molecule has 6 nitrogen and oxygen atoms in total. The van der Waals surface area contributed by atoms with Gasteiger partial charge in [0.15, 0.2) is 0 Å². The minimum atomic E-state index is -0.913. The number of rotatable bonds is 6. The highest BCUT2D eigenvalue weighted by molar-refractivity contribution is 5.73. The number of carboxylic acids is 2. The Morgan fingerprint density at radius 1 is 0.889 bits per heavy atom. The van der Waals surface area contributed by atoms with Crippen molar-refractivity contribution in [2.45, 2.75) is 52.6 Å². The third-order valence-corrected chi connectivity index (χ3v) is 3.08. The zero-order valence-corrected chi connectivity index (χ0v) is 11.6. The molecule has 0 saturated carbocycles. The molecule has 0 aromatic heterocycles. The van der Waals surface area contributed by atoms with Crippen molar-refractivity contribution in [2.75, 3.05) is 0 Å². The van der Waals surface area contributed by atoms with Crippen molar-refractivity contribution in [2.24, 2.45) is 23.3 Å². The molecule has 0 aromatic carbocycles. The van der Waals surface area contributed by atoms with Gasteiger partial charge in [0.1, 0.15) is 12.1 Å². The second-order valence-electron chi connectivity index (χ2n) is 4.50. The molecule has 0 spiro atoms. The van der Waals surface area contributed by atoms with Crippen LogP contribution in [0.5, 0.6) is 0 Å². The highest BCUT2D eigenvalue weighted by Gasteiger charge is 2.17. The molecular weight excluding hydrogens is 236 g/mol.